The molecule has 0 heterocycles. The Morgan fingerprint density at radius 1 is 1.56 bits per heavy atom. The van der Waals surface area contributed by atoms with Gasteiger partial charge < -0.3 is 4.74 Å². The number of nitro groups is 1. The number of nitrogens with zero attached hydrogens (tertiary/aromatic N) is 1. The average molecular weight is 353 g/mol. The highest BCUT2D eigenvalue weighted by Gasteiger charge is 2.12. The molecule has 1 atom stereocenters. The van der Waals surface area contributed by atoms with E-state index in [1.807, 2.05) is 0 Å². The summed E-state index contributed by atoms with van der Waals surface area (Å²) in [6.07, 6.45) is 0.756. The molecule has 1 aromatic carbocycles. The SMILES string of the molecule is COCC(Br)Cc1ccc([N+](=O)[O-])cc1Br. The number of hydrogen-bond acceptors (Lipinski definition) is 3. The topological polar surface area (TPSA) is 52.4 Å². The van der Waals surface area contributed by atoms with Gasteiger partial charge in [-0.2, -0.15) is 0 Å². The Bertz CT molecular complexity index is 384. The lowest BCUT2D eigenvalue weighted by atomic mass is 10.1. The fraction of sp³-hybridized carbons (Fsp3) is 0.400. The van der Waals surface area contributed by atoms with Crippen LogP contribution in [0.25, 0.3) is 0 Å². The van der Waals surface area contributed by atoms with Crippen molar-refractivity contribution in [3.05, 3.63) is 38.3 Å². The summed E-state index contributed by atoms with van der Waals surface area (Å²) in [5.41, 5.74) is 1.11. The zero-order valence-electron chi connectivity index (χ0n) is 8.65. The number of hydrogen-bond donors (Lipinski definition) is 0. The second kappa shape index (κ2) is 6.32. The van der Waals surface area contributed by atoms with E-state index >= 15 is 0 Å². The van der Waals surface area contributed by atoms with Crippen LogP contribution in [0.3, 0.4) is 0 Å². The van der Waals surface area contributed by atoms with Crippen molar-refractivity contribution in [1.29, 1.82) is 0 Å². The smallest absolute Gasteiger partial charge is 0.270 e. The number of benzene rings is 1. The number of halogens is 2. The molecule has 0 radical (unpaired) electrons. The summed E-state index contributed by atoms with van der Waals surface area (Å²) in [6.45, 7) is 0.601. The Labute approximate surface area is 110 Å². The summed E-state index contributed by atoms with van der Waals surface area (Å²) in [5, 5.41) is 10.5. The van der Waals surface area contributed by atoms with E-state index in [2.05, 4.69) is 31.9 Å². The highest BCUT2D eigenvalue weighted by Crippen LogP contribution is 2.25. The van der Waals surface area contributed by atoms with E-state index in [4.69, 9.17) is 4.74 Å². The molecule has 0 saturated carbocycles. The zero-order valence-corrected chi connectivity index (χ0v) is 11.8. The van der Waals surface area contributed by atoms with Gasteiger partial charge in [-0.25, -0.2) is 0 Å². The van der Waals surface area contributed by atoms with Gasteiger partial charge >= 0.3 is 0 Å². The van der Waals surface area contributed by atoms with Crippen molar-refractivity contribution in [3.63, 3.8) is 0 Å². The van der Waals surface area contributed by atoms with Crippen LogP contribution in [0, 0.1) is 10.1 Å². The van der Waals surface area contributed by atoms with E-state index in [0.29, 0.717) is 6.61 Å². The minimum absolute atomic E-state index is 0.0912. The lowest BCUT2D eigenvalue weighted by molar-refractivity contribution is -0.384. The molecule has 1 unspecified atom stereocenters. The van der Waals surface area contributed by atoms with Crippen molar-refractivity contribution >= 4 is 37.5 Å². The van der Waals surface area contributed by atoms with E-state index in [-0.39, 0.29) is 10.5 Å². The molecule has 0 amide bonds. The number of rotatable bonds is 5. The maximum atomic E-state index is 10.5. The van der Waals surface area contributed by atoms with Crippen LogP contribution >= 0.6 is 31.9 Å². The van der Waals surface area contributed by atoms with Gasteiger partial charge in [-0.3, -0.25) is 10.1 Å². The van der Waals surface area contributed by atoms with Gasteiger partial charge in [0.15, 0.2) is 0 Å². The molecular formula is C10H11Br2NO3. The molecule has 4 nitrogen and oxygen atoms in total. The molecule has 6 heteroatoms. The summed E-state index contributed by atoms with van der Waals surface area (Å²) < 4.78 is 5.76. The molecule has 0 N–H and O–H groups in total. The maximum Gasteiger partial charge on any atom is 0.270 e. The molecule has 0 aliphatic heterocycles. The molecule has 0 saturated heterocycles. The number of methoxy groups -OCH3 is 1. The number of ether oxygens (including phenoxy) is 1. The van der Waals surface area contributed by atoms with Crippen molar-refractivity contribution in [3.8, 4) is 0 Å². The number of nitro benzene ring substituents is 1. The normalized spacial score (nSPS) is 12.4. The largest absolute Gasteiger partial charge is 0.384 e. The molecule has 88 valence electrons. The molecule has 0 fully saturated rings. The highest BCUT2D eigenvalue weighted by molar-refractivity contribution is 9.10. The molecular weight excluding hydrogens is 342 g/mol. The van der Waals surface area contributed by atoms with Gasteiger partial charge in [0.05, 0.1) is 11.5 Å². The predicted octanol–water partition coefficient (Wildman–Crippen LogP) is 3.31. The molecule has 0 aromatic heterocycles. The van der Waals surface area contributed by atoms with Crippen molar-refractivity contribution in [2.75, 3.05) is 13.7 Å². The third kappa shape index (κ3) is 3.84. The Morgan fingerprint density at radius 3 is 2.75 bits per heavy atom. The van der Waals surface area contributed by atoms with E-state index in [9.17, 15) is 10.1 Å². The molecule has 16 heavy (non-hydrogen) atoms. The highest BCUT2D eigenvalue weighted by atomic mass is 79.9. The number of non-ortho nitro benzene ring substituents is 1. The summed E-state index contributed by atoms with van der Waals surface area (Å²) in [5.74, 6) is 0. The van der Waals surface area contributed by atoms with Crippen LogP contribution in [0.5, 0.6) is 0 Å². The maximum absolute atomic E-state index is 10.5. The van der Waals surface area contributed by atoms with Crippen LogP contribution < -0.4 is 0 Å². The van der Waals surface area contributed by atoms with Gasteiger partial charge in [-0.1, -0.05) is 37.9 Å². The molecule has 0 aliphatic rings. The Morgan fingerprint density at radius 2 is 2.25 bits per heavy atom. The summed E-state index contributed by atoms with van der Waals surface area (Å²) in [4.78, 5) is 10.3. The second-order valence-corrected chi connectivity index (χ2v) is 5.44. The lowest BCUT2D eigenvalue weighted by Gasteiger charge is -2.09. The first-order chi connectivity index (χ1) is 7.54. The molecule has 0 bridgehead atoms. The van der Waals surface area contributed by atoms with Gasteiger partial charge in [0.25, 0.3) is 5.69 Å². The van der Waals surface area contributed by atoms with Crippen molar-refractivity contribution in [2.45, 2.75) is 11.2 Å². The van der Waals surface area contributed by atoms with Gasteiger partial charge in [-0.05, 0) is 12.0 Å². The van der Waals surface area contributed by atoms with E-state index in [1.165, 1.54) is 12.1 Å². The molecule has 0 aliphatic carbocycles. The van der Waals surface area contributed by atoms with Crippen LogP contribution in [-0.2, 0) is 11.2 Å². The Balaban J connectivity index is 2.79. The van der Waals surface area contributed by atoms with Crippen LogP contribution in [-0.4, -0.2) is 23.5 Å². The van der Waals surface area contributed by atoms with E-state index in [0.717, 1.165) is 16.5 Å². The standard InChI is InChI=1S/C10H11Br2NO3/c1-16-6-8(11)4-7-2-3-9(13(14)15)5-10(7)12/h2-3,5,8H,4,6H2,1H3. The van der Waals surface area contributed by atoms with Gasteiger partial charge in [0.1, 0.15) is 0 Å². The minimum Gasteiger partial charge on any atom is -0.384 e. The van der Waals surface area contributed by atoms with Crippen LogP contribution in [0.15, 0.2) is 22.7 Å². The molecule has 1 aromatic rings. The summed E-state index contributed by atoms with van der Waals surface area (Å²) in [6, 6.07) is 4.78. The molecule has 1 rings (SSSR count). The van der Waals surface area contributed by atoms with Gasteiger partial charge in [-0.15, -0.1) is 0 Å². The molecule has 0 spiro atoms. The zero-order chi connectivity index (χ0) is 12.1. The first kappa shape index (κ1) is 13.6. The van der Waals surface area contributed by atoms with Crippen LogP contribution in [0.2, 0.25) is 0 Å². The Kier molecular flexibility index (Phi) is 5.37. The monoisotopic (exact) mass is 351 g/mol. The average Bonchev–Trinajstić information content (AvgIpc) is 2.21. The van der Waals surface area contributed by atoms with E-state index in [1.54, 1.807) is 13.2 Å². The summed E-state index contributed by atoms with van der Waals surface area (Å²) >= 11 is 6.81. The second-order valence-electron chi connectivity index (χ2n) is 3.29. The number of alkyl halides is 1. The Hall–Kier alpha value is -0.460. The fourth-order valence-electron chi connectivity index (χ4n) is 1.29. The summed E-state index contributed by atoms with van der Waals surface area (Å²) in [7, 11) is 1.64. The van der Waals surface area contributed by atoms with Crippen LogP contribution in [0.1, 0.15) is 5.56 Å². The van der Waals surface area contributed by atoms with Crippen LogP contribution in [0.4, 0.5) is 5.69 Å². The van der Waals surface area contributed by atoms with E-state index < -0.39 is 4.92 Å². The minimum atomic E-state index is -0.407. The first-order valence-corrected chi connectivity index (χ1v) is 6.31. The van der Waals surface area contributed by atoms with Gasteiger partial charge in [0, 0.05) is 28.5 Å². The quantitative estimate of drug-likeness (QED) is 0.464. The lowest BCUT2D eigenvalue weighted by Crippen LogP contribution is -2.10. The van der Waals surface area contributed by atoms with Crippen molar-refractivity contribution in [1.82, 2.24) is 0 Å². The van der Waals surface area contributed by atoms with Crippen molar-refractivity contribution < 1.29 is 9.66 Å². The third-order valence-electron chi connectivity index (χ3n) is 2.04. The predicted molar refractivity (Wildman–Crippen MR) is 69.1 cm³/mol. The van der Waals surface area contributed by atoms with Crippen molar-refractivity contribution in [2.24, 2.45) is 0 Å². The first-order valence-electron chi connectivity index (χ1n) is 4.60. The van der Waals surface area contributed by atoms with Gasteiger partial charge in [0.2, 0.25) is 0 Å². The third-order valence-corrected chi connectivity index (χ3v) is 3.36. The fourth-order valence-corrected chi connectivity index (χ4v) is 2.44.